The molecule has 0 aliphatic carbocycles. The zero-order chi connectivity index (χ0) is 16.8. The molecule has 0 aliphatic heterocycles. The zero-order valence-electron chi connectivity index (χ0n) is 13.5. The normalized spacial score (nSPS) is 10.2. The SMILES string of the molecule is Cc1ccccc1NC(=O)c1cccnc1NCc1ccccc1. The smallest absolute Gasteiger partial charge is 0.259 e. The third-order valence-electron chi connectivity index (χ3n) is 3.75. The number of pyridine rings is 1. The molecule has 2 N–H and O–H groups in total. The third kappa shape index (κ3) is 3.79. The molecule has 0 fully saturated rings. The lowest BCUT2D eigenvalue weighted by molar-refractivity contribution is 0.102. The van der Waals surface area contributed by atoms with E-state index in [1.165, 1.54) is 0 Å². The fourth-order valence-electron chi connectivity index (χ4n) is 2.41. The highest BCUT2D eigenvalue weighted by atomic mass is 16.1. The first kappa shape index (κ1) is 15.7. The van der Waals surface area contributed by atoms with E-state index in [4.69, 9.17) is 0 Å². The van der Waals surface area contributed by atoms with Crippen molar-refractivity contribution in [1.82, 2.24) is 4.98 Å². The highest BCUT2D eigenvalue weighted by molar-refractivity contribution is 6.07. The largest absolute Gasteiger partial charge is 0.365 e. The van der Waals surface area contributed by atoms with Crippen LogP contribution in [-0.4, -0.2) is 10.9 Å². The lowest BCUT2D eigenvalue weighted by atomic mass is 10.1. The molecule has 3 aromatic rings. The summed E-state index contributed by atoms with van der Waals surface area (Å²) in [5.41, 5.74) is 3.49. The fraction of sp³-hybridized carbons (Fsp3) is 0.100. The molecule has 0 unspecified atom stereocenters. The molecular weight excluding hydrogens is 298 g/mol. The van der Waals surface area contributed by atoms with Gasteiger partial charge in [-0.2, -0.15) is 0 Å². The van der Waals surface area contributed by atoms with Gasteiger partial charge in [0.25, 0.3) is 5.91 Å². The van der Waals surface area contributed by atoms with Crippen molar-refractivity contribution in [1.29, 1.82) is 0 Å². The Morgan fingerprint density at radius 3 is 2.50 bits per heavy atom. The summed E-state index contributed by atoms with van der Waals surface area (Å²) in [6.07, 6.45) is 1.68. The topological polar surface area (TPSA) is 54.0 Å². The molecule has 3 rings (SSSR count). The Kier molecular flexibility index (Phi) is 4.87. The van der Waals surface area contributed by atoms with Crippen LogP contribution < -0.4 is 10.6 Å². The Balaban J connectivity index is 1.76. The Hall–Kier alpha value is -3.14. The average Bonchev–Trinajstić information content (AvgIpc) is 2.63. The number of carbonyl (C=O) groups is 1. The number of amides is 1. The number of hydrogen-bond donors (Lipinski definition) is 2. The highest BCUT2D eigenvalue weighted by Crippen LogP contribution is 2.18. The van der Waals surface area contributed by atoms with Gasteiger partial charge in [-0.05, 0) is 36.2 Å². The number of para-hydroxylation sites is 1. The number of carbonyl (C=O) groups excluding carboxylic acids is 1. The van der Waals surface area contributed by atoms with Crippen molar-refractivity contribution in [2.45, 2.75) is 13.5 Å². The lowest BCUT2D eigenvalue weighted by Crippen LogP contribution is -2.16. The van der Waals surface area contributed by atoms with Crippen LogP contribution in [0.2, 0.25) is 0 Å². The van der Waals surface area contributed by atoms with Crippen LogP contribution in [0.1, 0.15) is 21.5 Å². The number of hydrogen-bond acceptors (Lipinski definition) is 3. The minimum absolute atomic E-state index is 0.173. The summed E-state index contributed by atoms with van der Waals surface area (Å²) in [5, 5.41) is 6.19. The second-order valence-electron chi connectivity index (χ2n) is 5.51. The van der Waals surface area contributed by atoms with E-state index >= 15 is 0 Å². The van der Waals surface area contributed by atoms with Gasteiger partial charge >= 0.3 is 0 Å². The molecule has 0 radical (unpaired) electrons. The van der Waals surface area contributed by atoms with Gasteiger partial charge < -0.3 is 10.6 Å². The van der Waals surface area contributed by atoms with Crippen LogP contribution in [-0.2, 0) is 6.54 Å². The fourth-order valence-corrected chi connectivity index (χ4v) is 2.41. The lowest BCUT2D eigenvalue weighted by Gasteiger charge is -2.12. The third-order valence-corrected chi connectivity index (χ3v) is 3.75. The van der Waals surface area contributed by atoms with Gasteiger partial charge in [-0.1, -0.05) is 48.5 Å². The molecule has 1 heterocycles. The van der Waals surface area contributed by atoms with Gasteiger partial charge in [0.05, 0.1) is 5.56 Å². The van der Waals surface area contributed by atoms with Gasteiger partial charge in [0, 0.05) is 18.4 Å². The molecule has 2 aromatic carbocycles. The van der Waals surface area contributed by atoms with Crippen molar-refractivity contribution in [3.8, 4) is 0 Å². The van der Waals surface area contributed by atoms with Gasteiger partial charge in [-0.3, -0.25) is 4.79 Å². The van der Waals surface area contributed by atoms with Crippen molar-refractivity contribution in [2.24, 2.45) is 0 Å². The molecular formula is C20H19N3O. The maximum absolute atomic E-state index is 12.6. The van der Waals surface area contributed by atoms with E-state index in [0.29, 0.717) is 17.9 Å². The summed E-state index contributed by atoms with van der Waals surface area (Å²) in [6, 6.07) is 21.3. The van der Waals surface area contributed by atoms with E-state index in [9.17, 15) is 4.79 Å². The molecule has 1 aromatic heterocycles. The molecule has 0 atom stereocenters. The van der Waals surface area contributed by atoms with Crippen LogP contribution in [0.5, 0.6) is 0 Å². The second kappa shape index (κ2) is 7.42. The maximum Gasteiger partial charge on any atom is 0.259 e. The number of rotatable bonds is 5. The van der Waals surface area contributed by atoms with Crippen LogP contribution >= 0.6 is 0 Å². The van der Waals surface area contributed by atoms with Crippen LogP contribution in [0.15, 0.2) is 72.9 Å². The van der Waals surface area contributed by atoms with Crippen molar-refractivity contribution in [2.75, 3.05) is 10.6 Å². The van der Waals surface area contributed by atoms with Crippen molar-refractivity contribution in [3.05, 3.63) is 89.6 Å². The van der Waals surface area contributed by atoms with Crippen molar-refractivity contribution in [3.63, 3.8) is 0 Å². The Morgan fingerprint density at radius 2 is 1.71 bits per heavy atom. The number of aryl methyl sites for hydroxylation is 1. The van der Waals surface area contributed by atoms with Crippen molar-refractivity contribution >= 4 is 17.4 Å². The van der Waals surface area contributed by atoms with Crippen LogP contribution in [0.25, 0.3) is 0 Å². The molecule has 0 aliphatic rings. The molecule has 24 heavy (non-hydrogen) atoms. The van der Waals surface area contributed by atoms with Gasteiger partial charge in [0.15, 0.2) is 0 Å². The second-order valence-corrected chi connectivity index (χ2v) is 5.51. The molecule has 0 saturated carbocycles. The molecule has 0 bridgehead atoms. The van der Waals surface area contributed by atoms with E-state index in [1.54, 1.807) is 18.3 Å². The van der Waals surface area contributed by atoms with E-state index < -0.39 is 0 Å². The monoisotopic (exact) mass is 317 g/mol. The Bertz CT molecular complexity index is 831. The molecule has 0 saturated heterocycles. The number of nitrogens with zero attached hydrogens (tertiary/aromatic N) is 1. The summed E-state index contributed by atoms with van der Waals surface area (Å²) >= 11 is 0. The minimum atomic E-state index is -0.173. The van der Waals surface area contributed by atoms with Crippen LogP contribution in [0.3, 0.4) is 0 Å². The predicted molar refractivity (Wildman–Crippen MR) is 97.1 cm³/mol. The predicted octanol–water partition coefficient (Wildman–Crippen LogP) is 4.25. The minimum Gasteiger partial charge on any atom is -0.365 e. The zero-order valence-corrected chi connectivity index (χ0v) is 13.5. The first-order valence-corrected chi connectivity index (χ1v) is 7.84. The standard InChI is InChI=1S/C20H19N3O/c1-15-8-5-6-12-18(15)23-20(24)17-11-7-13-21-19(17)22-14-16-9-3-2-4-10-16/h2-13H,14H2,1H3,(H,21,22)(H,23,24). The van der Waals surface area contributed by atoms with Gasteiger partial charge in [0.1, 0.15) is 5.82 Å². The maximum atomic E-state index is 12.6. The molecule has 0 spiro atoms. The first-order valence-electron chi connectivity index (χ1n) is 7.84. The summed E-state index contributed by atoms with van der Waals surface area (Å²) < 4.78 is 0. The Labute approximate surface area is 141 Å². The van der Waals surface area contributed by atoms with Crippen molar-refractivity contribution < 1.29 is 4.79 Å². The van der Waals surface area contributed by atoms with Crippen LogP contribution in [0.4, 0.5) is 11.5 Å². The van der Waals surface area contributed by atoms with E-state index in [0.717, 1.165) is 16.8 Å². The Morgan fingerprint density at radius 1 is 0.958 bits per heavy atom. The van der Waals surface area contributed by atoms with E-state index in [2.05, 4.69) is 15.6 Å². The summed E-state index contributed by atoms with van der Waals surface area (Å²) in [5.74, 6) is 0.403. The number of benzene rings is 2. The molecule has 120 valence electrons. The quantitative estimate of drug-likeness (QED) is 0.739. The summed E-state index contributed by atoms with van der Waals surface area (Å²) in [4.78, 5) is 16.9. The number of aromatic nitrogens is 1. The van der Waals surface area contributed by atoms with Gasteiger partial charge in [-0.25, -0.2) is 4.98 Å². The summed E-state index contributed by atoms with van der Waals surface area (Å²) in [7, 11) is 0. The molecule has 4 nitrogen and oxygen atoms in total. The number of anilines is 2. The molecule has 4 heteroatoms. The summed E-state index contributed by atoms with van der Waals surface area (Å²) in [6.45, 7) is 2.58. The van der Waals surface area contributed by atoms with Crippen LogP contribution in [0, 0.1) is 6.92 Å². The van der Waals surface area contributed by atoms with E-state index in [1.807, 2.05) is 61.5 Å². The van der Waals surface area contributed by atoms with Gasteiger partial charge in [0.2, 0.25) is 0 Å². The average molecular weight is 317 g/mol. The first-order chi connectivity index (χ1) is 11.7. The van der Waals surface area contributed by atoms with Gasteiger partial charge in [-0.15, -0.1) is 0 Å². The number of nitrogens with one attached hydrogen (secondary N) is 2. The highest BCUT2D eigenvalue weighted by Gasteiger charge is 2.13. The molecule has 1 amide bonds. The van der Waals surface area contributed by atoms with E-state index in [-0.39, 0.29) is 5.91 Å².